The molecule has 0 radical (unpaired) electrons. The largest absolute Gasteiger partial charge is 0.481 e. The molecule has 0 aromatic rings. The number of rotatable bonds is 30. The lowest BCUT2D eigenvalue weighted by atomic mass is 10.0. The number of nitrogens with two attached hydrogens (primary N) is 2. The van der Waals surface area contributed by atoms with Gasteiger partial charge in [-0.3, -0.25) is 48.1 Å². The summed E-state index contributed by atoms with van der Waals surface area (Å²) in [5, 5.41) is 21.0. The minimum atomic E-state index is -1.51. The van der Waals surface area contributed by atoms with Gasteiger partial charge in [0, 0.05) is 45.2 Å². The van der Waals surface area contributed by atoms with E-state index in [4.69, 9.17) is 26.0 Å². The Morgan fingerprint density at radius 3 is 2.12 bits per heavy atom. The van der Waals surface area contributed by atoms with Crippen molar-refractivity contribution in [3.8, 4) is 0 Å². The van der Waals surface area contributed by atoms with E-state index >= 15 is 0 Å². The molecule has 0 spiro atoms. The van der Waals surface area contributed by atoms with Crippen LogP contribution in [0.25, 0.3) is 0 Å². The molecule has 60 heavy (non-hydrogen) atoms. The first-order valence-corrected chi connectivity index (χ1v) is 21.3. The SMILES string of the molecule is COC(C)(C)CCOC(C)(C)CCNC(=O)CCN1C(=O)CC(SCCC(=O)N[C@@H](CCCCN)C(=O)N[C@H](C)C(=O)NC(C(=O)N[C@@H](CC(=O)O)C(N)=O)C(C)C)C1=O. The van der Waals surface area contributed by atoms with Gasteiger partial charge in [-0.15, -0.1) is 11.8 Å². The van der Waals surface area contributed by atoms with Gasteiger partial charge in [0.25, 0.3) is 0 Å². The molecular weight excluding hydrogens is 805 g/mol. The second kappa shape index (κ2) is 26.1. The molecule has 1 heterocycles. The smallest absolute Gasteiger partial charge is 0.305 e. The van der Waals surface area contributed by atoms with Crippen LogP contribution < -0.4 is 38.1 Å². The molecule has 0 saturated carbocycles. The van der Waals surface area contributed by atoms with Crippen molar-refractivity contribution in [1.82, 2.24) is 31.5 Å². The number of likely N-dealkylation sites (tertiary alicyclic amines) is 1. The lowest BCUT2D eigenvalue weighted by Gasteiger charge is -2.29. The zero-order valence-corrected chi connectivity index (χ0v) is 37.1. The Balaban J connectivity index is 2.67. The predicted molar refractivity (Wildman–Crippen MR) is 223 cm³/mol. The van der Waals surface area contributed by atoms with Crippen LogP contribution in [0.2, 0.25) is 0 Å². The molecule has 5 atom stereocenters. The van der Waals surface area contributed by atoms with E-state index in [1.165, 1.54) is 6.92 Å². The van der Waals surface area contributed by atoms with E-state index in [9.17, 15) is 43.2 Å². The highest BCUT2D eigenvalue weighted by Gasteiger charge is 2.39. The predicted octanol–water partition coefficient (Wildman–Crippen LogP) is -0.552. The molecule has 342 valence electrons. The lowest BCUT2D eigenvalue weighted by molar-refractivity contribution is -0.141. The molecule has 0 aromatic carbocycles. The van der Waals surface area contributed by atoms with Gasteiger partial charge in [0.05, 0.1) is 29.5 Å². The van der Waals surface area contributed by atoms with Gasteiger partial charge in [-0.1, -0.05) is 13.8 Å². The first-order valence-electron chi connectivity index (χ1n) is 20.3. The number of hydrogen-bond acceptors (Lipinski definition) is 13. The molecule has 1 aliphatic heterocycles. The monoisotopic (exact) mass is 872 g/mol. The molecule has 1 fully saturated rings. The minimum absolute atomic E-state index is 0.0614. The second-order valence-electron chi connectivity index (χ2n) is 16.3. The van der Waals surface area contributed by atoms with E-state index in [-0.39, 0.29) is 49.5 Å². The molecule has 0 aromatic heterocycles. The van der Waals surface area contributed by atoms with Crippen LogP contribution in [0.1, 0.15) is 106 Å². The summed E-state index contributed by atoms with van der Waals surface area (Å²) in [5.41, 5.74) is 10.0. The summed E-state index contributed by atoms with van der Waals surface area (Å²) in [6.07, 6.45) is 1.51. The lowest BCUT2D eigenvalue weighted by Crippen LogP contribution is -2.58. The average molecular weight is 873 g/mol. The summed E-state index contributed by atoms with van der Waals surface area (Å²) < 4.78 is 11.4. The number of primary amides is 1. The van der Waals surface area contributed by atoms with Crippen molar-refractivity contribution in [1.29, 1.82) is 0 Å². The van der Waals surface area contributed by atoms with E-state index in [2.05, 4.69) is 26.6 Å². The molecule has 10 N–H and O–H groups in total. The van der Waals surface area contributed by atoms with Crippen LogP contribution in [0.3, 0.4) is 0 Å². The van der Waals surface area contributed by atoms with Gasteiger partial charge < -0.3 is 52.6 Å². The molecule has 0 bridgehead atoms. The number of ether oxygens (including phenoxy) is 2. The van der Waals surface area contributed by atoms with Gasteiger partial charge in [0.2, 0.25) is 47.3 Å². The van der Waals surface area contributed by atoms with Crippen molar-refractivity contribution in [2.75, 3.05) is 39.1 Å². The van der Waals surface area contributed by atoms with Crippen LogP contribution in [-0.2, 0) is 52.6 Å². The fourth-order valence-electron chi connectivity index (χ4n) is 5.74. The van der Waals surface area contributed by atoms with Crippen molar-refractivity contribution in [3.63, 3.8) is 0 Å². The third-order valence-electron chi connectivity index (χ3n) is 9.85. The number of nitrogens with one attached hydrogen (secondary N) is 5. The van der Waals surface area contributed by atoms with Gasteiger partial charge >= 0.3 is 5.97 Å². The third kappa shape index (κ3) is 20.3. The Morgan fingerprint density at radius 1 is 0.867 bits per heavy atom. The molecular formula is C39H68N8O12S. The highest BCUT2D eigenvalue weighted by atomic mass is 32.2. The fraction of sp³-hybridized carbons (Fsp3) is 0.769. The van der Waals surface area contributed by atoms with Gasteiger partial charge in [0.15, 0.2) is 0 Å². The number of unbranched alkanes of at least 4 members (excludes halogenated alkanes) is 1. The molecule has 20 nitrogen and oxygen atoms in total. The number of carbonyl (C=O) groups excluding carboxylic acids is 8. The standard InChI is InChI=1S/C39H68N8O12S/c1-23(2)32(36(56)45-26(33(41)53)21-31(51)52)46-34(54)24(3)43-35(55)25(11-9-10-16-40)44-29(49)13-20-60-27-22-30(50)47(37(27)57)18-12-28(48)42-17-14-39(6,7)59-19-15-38(4,5)58-8/h23-27,32H,9-22,40H2,1-8H3,(H2,41,53)(H,42,48)(H,43,55)(H,44,49)(H,45,56)(H,46,54)(H,51,52)/t24-,25+,26+,27?,32?/m1/s1. The van der Waals surface area contributed by atoms with Crippen LogP contribution in [0.4, 0.5) is 0 Å². The number of hydrogen-bond donors (Lipinski definition) is 8. The van der Waals surface area contributed by atoms with Crippen LogP contribution in [0.5, 0.6) is 0 Å². The summed E-state index contributed by atoms with van der Waals surface area (Å²) in [6, 6.07) is -4.96. The third-order valence-corrected chi connectivity index (χ3v) is 11.1. The van der Waals surface area contributed by atoms with Gasteiger partial charge in [-0.05, 0) is 79.2 Å². The van der Waals surface area contributed by atoms with Crippen molar-refractivity contribution < 1.29 is 57.7 Å². The minimum Gasteiger partial charge on any atom is -0.481 e. The highest BCUT2D eigenvalue weighted by molar-refractivity contribution is 8.00. The van der Waals surface area contributed by atoms with Gasteiger partial charge in [0.1, 0.15) is 24.2 Å². The molecule has 0 aliphatic carbocycles. The van der Waals surface area contributed by atoms with Crippen molar-refractivity contribution in [3.05, 3.63) is 0 Å². The molecule has 1 rings (SSSR count). The Bertz CT molecular complexity index is 1510. The second-order valence-corrected chi connectivity index (χ2v) is 17.6. The molecule has 2 unspecified atom stereocenters. The maximum absolute atomic E-state index is 13.3. The number of amides is 8. The van der Waals surface area contributed by atoms with E-state index in [0.29, 0.717) is 45.4 Å². The molecule has 1 aliphatic rings. The Morgan fingerprint density at radius 2 is 1.53 bits per heavy atom. The number of carbonyl (C=O) groups is 9. The normalized spacial score (nSPS) is 16.4. The Labute approximate surface area is 356 Å². The topological polar surface area (TPSA) is 308 Å². The zero-order valence-electron chi connectivity index (χ0n) is 36.3. The number of carboxylic acid groups (broad SMARTS) is 1. The number of methoxy groups -OCH3 is 1. The van der Waals surface area contributed by atoms with Crippen LogP contribution in [0.15, 0.2) is 0 Å². The van der Waals surface area contributed by atoms with Crippen molar-refractivity contribution in [2.24, 2.45) is 17.4 Å². The molecule has 1 saturated heterocycles. The van der Waals surface area contributed by atoms with E-state index in [1.54, 1.807) is 21.0 Å². The fourth-order valence-corrected chi connectivity index (χ4v) is 6.86. The van der Waals surface area contributed by atoms with Crippen molar-refractivity contribution >= 4 is 65.0 Å². The number of thioether (sulfide) groups is 1. The highest BCUT2D eigenvalue weighted by Crippen LogP contribution is 2.26. The summed E-state index contributed by atoms with van der Waals surface area (Å²) >= 11 is 1.13. The summed E-state index contributed by atoms with van der Waals surface area (Å²) in [4.78, 5) is 114. The Hall–Kier alpha value is -4.34. The number of aliphatic carboxylic acids is 1. The summed E-state index contributed by atoms with van der Waals surface area (Å²) in [5.74, 6) is -6.74. The van der Waals surface area contributed by atoms with E-state index < -0.39 is 94.7 Å². The van der Waals surface area contributed by atoms with Crippen LogP contribution in [-0.4, -0.2) is 143 Å². The maximum atomic E-state index is 13.3. The van der Waals surface area contributed by atoms with Crippen molar-refractivity contribution in [2.45, 2.75) is 147 Å². The molecule has 8 amide bonds. The van der Waals surface area contributed by atoms with Gasteiger partial charge in [-0.25, -0.2) is 0 Å². The zero-order chi connectivity index (χ0) is 45.8. The van der Waals surface area contributed by atoms with E-state index in [1.807, 2.05) is 27.7 Å². The quantitative estimate of drug-likeness (QED) is 0.0332. The average Bonchev–Trinajstić information content (AvgIpc) is 3.41. The summed E-state index contributed by atoms with van der Waals surface area (Å²) in [7, 11) is 1.65. The summed E-state index contributed by atoms with van der Waals surface area (Å²) in [6.45, 7) is 13.5. The first-order chi connectivity index (χ1) is 27.9. The molecule has 21 heteroatoms. The van der Waals surface area contributed by atoms with Crippen LogP contribution in [0, 0.1) is 5.92 Å². The van der Waals surface area contributed by atoms with Crippen LogP contribution >= 0.6 is 11.8 Å². The Kier molecular flexibility index (Phi) is 23.3. The van der Waals surface area contributed by atoms with E-state index in [0.717, 1.165) is 16.7 Å². The number of nitrogens with zero attached hydrogens (tertiary/aromatic N) is 1. The maximum Gasteiger partial charge on any atom is 0.305 e. The van der Waals surface area contributed by atoms with Gasteiger partial charge in [-0.2, -0.15) is 0 Å². The number of carboxylic acids is 1. The number of imide groups is 1. The first kappa shape index (κ1) is 53.7.